The Bertz CT molecular complexity index is 1640. The molecule has 0 aromatic heterocycles. The summed E-state index contributed by atoms with van der Waals surface area (Å²) in [4.78, 5) is 29.2. The third-order valence-corrected chi connectivity index (χ3v) is 8.98. The fourth-order valence-electron chi connectivity index (χ4n) is 4.85. The Morgan fingerprint density at radius 3 is 1.98 bits per heavy atom. The van der Waals surface area contributed by atoms with Crippen molar-refractivity contribution in [3.63, 3.8) is 0 Å². The van der Waals surface area contributed by atoms with Crippen LogP contribution in [0.15, 0.2) is 108 Å². The normalized spacial score (nSPS) is 11.8. The number of likely N-dealkylation sites (N-methyl/N-ethyl adjacent to an activating group) is 1. The van der Waals surface area contributed by atoms with Crippen LogP contribution >= 0.6 is 0 Å². The van der Waals surface area contributed by atoms with E-state index in [2.05, 4.69) is 5.32 Å². The van der Waals surface area contributed by atoms with Gasteiger partial charge >= 0.3 is 0 Å². The number of benzene rings is 4. The smallest absolute Gasteiger partial charge is 0.264 e. The molecule has 0 heterocycles. The summed E-state index contributed by atoms with van der Waals surface area (Å²) in [6.07, 6.45) is 0.248. The Kier molecular flexibility index (Phi) is 10.2. The number of rotatable bonds is 12. The second-order valence-electron chi connectivity index (χ2n) is 10.3. The van der Waals surface area contributed by atoms with Crippen LogP contribution in [-0.4, -0.2) is 51.9 Å². The van der Waals surface area contributed by atoms with Gasteiger partial charge in [0.15, 0.2) is 0 Å². The van der Waals surface area contributed by atoms with Crippen molar-refractivity contribution in [2.24, 2.45) is 0 Å². The standard InChI is InChI=1S/C34H37N3O5S/c1-25-15-18-29(19-16-25)43(40,41)37(30-21-26(2)17-20-32(30)42-4)24-33(38)36(23-28-13-9-6-10-14-28)31(34(39)35-3)22-27-11-7-5-8-12-27/h5-21,31H,22-24H2,1-4H3,(H,35,39)/t31-/m0/s1. The zero-order valence-electron chi connectivity index (χ0n) is 24.9. The minimum Gasteiger partial charge on any atom is -0.495 e. The second kappa shape index (κ2) is 14.0. The molecule has 4 rings (SSSR count). The van der Waals surface area contributed by atoms with Gasteiger partial charge in [-0.25, -0.2) is 8.42 Å². The van der Waals surface area contributed by atoms with Gasteiger partial charge in [0.1, 0.15) is 18.3 Å². The molecular weight excluding hydrogens is 562 g/mol. The van der Waals surface area contributed by atoms with Crippen LogP contribution in [0.1, 0.15) is 22.3 Å². The zero-order chi connectivity index (χ0) is 31.0. The van der Waals surface area contributed by atoms with E-state index in [1.54, 1.807) is 24.3 Å². The molecule has 0 bridgehead atoms. The van der Waals surface area contributed by atoms with Gasteiger partial charge in [0, 0.05) is 20.0 Å². The van der Waals surface area contributed by atoms with E-state index in [0.29, 0.717) is 5.75 Å². The van der Waals surface area contributed by atoms with Crippen molar-refractivity contribution in [1.29, 1.82) is 0 Å². The van der Waals surface area contributed by atoms with Crippen molar-refractivity contribution in [2.75, 3.05) is 25.0 Å². The quantitative estimate of drug-likeness (QED) is 0.250. The van der Waals surface area contributed by atoms with Crippen LogP contribution in [0.2, 0.25) is 0 Å². The zero-order valence-corrected chi connectivity index (χ0v) is 25.7. The Labute approximate surface area is 254 Å². The van der Waals surface area contributed by atoms with Crippen LogP contribution in [0.5, 0.6) is 5.75 Å². The van der Waals surface area contributed by atoms with Gasteiger partial charge in [-0.1, -0.05) is 84.4 Å². The number of hydrogen-bond acceptors (Lipinski definition) is 5. The van der Waals surface area contributed by atoms with Gasteiger partial charge in [0.2, 0.25) is 11.8 Å². The van der Waals surface area contributed by atoms with Crippen LogP contribution in [0.4, 0.5) is 5.69 Å². The molecule has 224 valence electrons. The highest BCUT2D eigenvalue weighted by atomic mass is 32.2. The molecule has 0 aliphatic carbocycles. The number of nitrogens with zero attached hydrogens (tertiary/aromatic N) is 2. The topological polar surface area (TPSA) is 96.0 Å². The first-order valence-electron chi connectivity index (χ1n) is 14.0. The van der Waals surface area contributed by atoms with Gasteiger partial charge in [-0.15, -0.1) is 0 Å². The Morgan fingerprint density at radius 1 is 0.814 bits per heavy atom. The number of aryl methyl sites for hydroxylation is 2. The first-order valence-corrected chi connectivity index (χ1v) is 15.4. The highest BCUT2D eigenvalue weighted by molar-refractivity contribution is 7.92. The number of hydrogen-bond donors (Lipinski definition) is 1. The third kappa shape index (κ3) is 7.61. The fraction of sp³-hybridized carbons (Fsp3) is 0.235. The molecule has 9 heteroatoms. The van der Waals surface area contributed by atoms with Crippen molar-refractivity contribution in [3.8, 4) is 5.75 Å². The Morgan fingerprint density at radius 2 is 1.40 bits per heavy atom. The number of carbonyl (C=O) groups excluding carboxylic acids is 2. The number of amides is 2. The summed E-state index contributed by atoms with van der Waals surface area (Å²) in [5.41, 5.74) is 3.60. The van der Waals surface area contributed by atoms with Gasteiger partial charge in [0.25, 0.3) is 10.0 Å². The molecule has 2 amide bonds. The van der Waals surface area contributed by atoms with Crippen LogP contribution in [-0.2, 0) is 32.6 Å². The summed E-state index contributed by atoms with van der Waals surface area (Å²) in [7, 11) is -1.25. The molecule has 43 heavy (non-hydrogen) atoms. The molecule has 1 atom stereocenters. The average Bonchev–Trinajstić information content (AvgIpc) is 3.02. The van der Waals surface area contributed by atoms with E-state index < -0.39 is 28.5 Å². The Hall–Kier alpha value is -4.63. The number of nitrogens with one attached hydrogen (secondary N) is 1. The molecule has 0 unspecified atom stereocenters. The van der Waals surface area contributed by atoms with Gasteiger partial charge < -0.3 is 15.0 Å². The van der Waals surface area contributed by atoms with Crippen molar-refractivity contribution in [3.05, 3.63) is 125 Å². The first kappa shape index (κ1) is 31.3. The maximum Gasteiger partial charge on any atom is 0.264 e. The summed E-state index contributed by atoms with van der Waals surface area (Å²) in [5.74, 6) is -0.585. The number of anilines is 1. The lowest BCUT2D eigenvalue weighted by Gasteiger charge is -2.34. The van der Waals surface area contributed by atoms with Crippen LogP contribution < -0.4 is 14.4 Å². The summed E-state index contributed by atoms with van der Waals surface area (Å²) in [5, 5.41) is 2.69. The molecule has 4 aromatic carbocycles. The van der Waals surface area contributed by atoms with Gasteiger partial charge in [-0.05, 0) is 54.8 Å². The molecule has 1 N–H and O–H groups in total. The van der Waals surface area contributed by atoms with Crippen LogP contribution in [0, 0.1) is 13.8 Å². The lowest BCUT2D eigenvalue weighted by Crippen LogP contribution is -2.53. The number of methoxy groups -OCH3 is 1. The van der Waals surface area contributed by atoms with Crippen molar-refractivity contribution in [1.82, 2.24) is 10.2 Å². The summed E-state index contributed by atoms with van der Waals surface area (Å²) < 4.78 is 35.1. The Balaban J connectivity index is 1.83. The summed E-state index contributed by atoms with van der Waals surface area (Å²) >= 11 is 0. The lowest BCUT2D eigenvalue weighted by atomic mass is 10.0. The molecule has 0 aliphatic heterocycles. The summed E-state index contributed by atoms with van der Waals surface area (Å²) in [6, 6.07) is 29.5. The monoisotopic (exact) mass is 599 g/mol. The highest BCUT2D eigenvalue weighted by Gasteiger charge is 2.35. The maximum absolute atomic E-state index is 14.4. The molecular formula is C34H37N3O5S. The van der Waals surface area contributed by atoms with Gasteiger partial charge in [0.05, 0.1) is 17.7 Å². The molecule has 0 spiro atoms. The molecule has 8 nitrogen and oxygen atoms in total. The van der Waals surface area contributed by atoms with Crippen molar-refractivity contribution >= 4 is 27.5 Å². The largest absolute Gasteiger partial charge is 0.495 e. The third-order valence-electron chi connectivity index (χ3n) is 7.20. The van der Waals surface area contributed by atoms with Crippen LogP contribution in [0.3, 0.4) is 0 Å². The predicted octanol–water partition coefficient (Wildman–Crippen LogP) is 4.89. The van der Waals surface area contributed by atoms with Crippen molar-refractivity contribution < 1.29 is 22.7 Å². The van der Waals surface area contributed by atoms with E-state index in [-0.39, 0.29) is 29.5 Å². The van der Waals surface area contributed by atoms with E-state index in [0.717, 1.165) is 26.6 Å². The van der Waals surface area contributed by atoms with E-state index >= 15 is 0 Å². The average molecular weight is 600 g/mol. The molecule has 0 fully saturated rings. The number of sulfonamides is 1. The van der Waals surface area contributed by atoms with E-state index in [9.17, 15) is 18.0 Å². The van der Waals surface area contributed by atoms with Crippen LogP contribution in [0.25, 0.3) is 0 Å². The minimum atomic E-state index is -4.23. The highest BCUT2D eigenvalue weighted by Crippen LogP contribution is 2.34. The SMILES string of the molecule is CNC(=O)[C@H](Cc1ccccc1)N(Cc1ccccc1)C(=O)CN(c1cc(C)ccc1OC)S(=O)(=O)c1ccc(C)cc1. The van der Waals surface area contributed by atoms with E-state index in [1.165, 1.54) is 31.2 Å². The van der Waals surface area contributed by atoms with Gasteiger partial charge in [-0.2, -0.15) is 0 Å². The molecule has 4 aromatic rings. The molecule has 0 saturated carbocycles. The van der Waals surface area contributed by atoms with E-state index in [4.69, 9.17) is 4.74 Å². The van der Waals surface area contributed by atoms with Gasteiger partial charge in [-0.3, -0.25) is 13.9 Å². The molecule has 0 aliphatic rings. The summed E-state index contributed by atoms with van der Waals surface area (Å²) in [6.45, 7) is 3.26. The minimum absolute atomic E-state index is 0.0382. The lowest BCUT2D eigenvalue weighted by molar-refractivity contribution is -0.139. The van der Waals surface area contributed by atoms with E-state index in [1.807, 2.05) is 80.6 Å². The predicted molar refractivity (Wildman–Crippen MR) is 168 cm³/mol. The number of ether oxygens (including phenoxy) is 1. The molecule has 0 radical (unpaired) electrons. The maximum atomic E-state index is 14.4. The van der Waals surface area contributed by atoms with Crippen molar-refractivity contribution in [2.45, 2.75) is 37.8 Å². The first-order chi connectivity index (χ1) is 20.6. The number of carbonyl (C=O) groups is 2. The fourth-order valence-corrected chi connectivity index (χ4v) is 6.26. The second-order valence-corrected chi connectivity index (χ2v) is 12.2. The molecule has 0 saturated heterocycles.